The summed E-state index contributed by atoms with van der Waals surface area (Å²) in [4.78, 5) is 19.8. The van der Waals surface area contributed by atoms with Crippen LogP contribution in [0.4, 0.5) is 0 Å². The normalized spacial score (nSPS) is 13.2. The van der Waals surface area contributed by atoms with Crippen molar-refractivity contribution in [3.63, 3.8) is 0 Å². The standard InChI is InChI=1S/C10H22O2.C4H2O3/c11-9-7-5-3-1-2-4-6-8-10-12;5-3-1-2-4(6)7-3/h11-12H,1-10H2;1-2H. The monoisotopic (exact) mass is 272 g/mol. The van der Waals surface area contributed by atoms with Crippen LogP contribution in [0, 0.1) is 0 Å². The molecule has 1 aliphatic rings. The molecule has 0 atom stereocenters. The largest absolute Gasteiger partial charge is 0.396 e. The fourth-order valence-electron chi connectivity index (χ4n) is 1.59. The van der Waals surface area contributed by atoms with Crippen LogP contribution in [0.5, 0.6) is 0 Å². The van der Waals surface area contributed by atoms with Gasteiger partial charge in [-0.05, 0) is 12.8 Å². The fraction of sp³-hybridized carbons (Fsp3) is 0.714. The lowest BCUT2D eigenvalue weighted by Gasteiger charge is -1.99. The van der Waals surface area contributed by atoms with Gasteiger partial charge >= 0.3 is 11.9 Å². The summed E-state index contributed by atoms with van der Waals surface area (Å²) in [7, 11) is 0. The minimum atomic E-state index is -0.579. The molecular weight excluding hydrogens is 248 g/mol. The van der Waals surface area contributed by atoms with Crippen molar-refractivity contribution < 1.29 is 24.5 Å². The molecule has 0 fully saturated rings. The molecule has 0 aliphatic carbocycles. The molecule has 0 spiro atoms. The van der Waals surface area contributed by atoms with Gasteiger partial charge in [-0.15, -0.1) is 0 Å². The zero-order valence-corrected chi connectivity index (χ0v) is 11.3. The summed E-state index contributed by atoms with van der Waals surface area (Å²) in [6, 6.07) is 0. The van der Waals surface area contributed by atoms with Gasteiger partial charge in [-0.25, -0.2) is 9.59 Å². The lowest BCUT2D eigenvalue weighted by molar-refractivity contribution is -0.150. The highest BCUT2D eigenvalue weighted by Gasteiger charge is 2.10. The molecule has 0 unspecified atom stereocenters. The van der Waals surface area contributed by atoms with E-state index in [0.717, 1.165) is 37.8 Å². The van der Waals surface area contributed by atoms with E-state index in [1.807, 2.05) is 0 Å². The van der Waals surface area contributed by atoms with Crippen LogP contribution in [0.2, 0.25) is 0 Å². The number of unbranched alkanes of at least 4 members (excludes halogenated alkanes) is 7. The molecule has 5 nitrogen and oxygen atoms in total. The van der Waals surface area contributed by atoms with E-state index in [2.05, 4.69) is 4.74 Å². The number of rotatable bonds is 9. The molecule has 0 aromatic heterocycles. The number of hydrogen-bond donors (Lipinski definition) is 2. The molecule has 0 bridgehead atoms. The van der Waals surface area contributed by atoms with Gasteiger partial charge in [0.1, 0.15) is 0 Å². The van der Waals surface area contributed by atoms with E-state index in [4.69, 9.17) is 10.2 Å². The van der Waals surface area contributed by atoms with Crippen LogP contribution in [-0.4, -0.2) is 35.4 Å². The second-order valence-electron chi connectivity index (χ2n) is 4.35. The highest BCUT2D eigenvalue weighted by atomic mass is 16.6. The molecule has 0 saturated heterocycles. The lowest BCUT2D eigenvalue weighted by Crippen LogP contribution is -1.96. The summed E-state index contributed by atoms with van der Waals surface area (Å²) in [5.74, 6) is -1.16. The average Bonchev–Trinajstić information content (AvgIpc) is 2.77. The van der Waals surface area contributed by atoms with E-state index in [9.17, 15) is 9.59 Å². The molecule has 1 rings (SSSR count). The van der Waals surface area contributed by atoms with Gasteiger partial charge in [0.2, 0.25) is 0 Å². The Bertz CT molecular complexity index is 247. The summed E-state index contributed by atoms with van der Waals surface area (Å²) in [5.41, 5.74) is 0. The Hall–Kier alpha value is -1.20. The number of hydrogen-bond acceptors (Lipinski definition) is 5. The van der Waals surface area contributed by atoms with Crippen molar-refractivity contribution in [3.05, 3.63) is 12.2 Å². The first-order chi connectivity index (χ1) is 9.20. The van der Waals surface area contributed by atoms with Gasteiger partial charge in [-0.2, -0.15) is 0 Å². The molecule has 0 saturated carbocycles. The zero-order valence-electron chi connectivity index (χ0n) is 11.3. The van der Waals surface area contributed by atoms with Gasteiger partial charge in [0, 0.05) is 25.4 Å². The molecule has 1 heterocycles. The number of aliphatic hydroxyl groups is 2. The highest BCUT2D eigenvalue weighted by Crippen LogP contribution is 2.07. The third kappa shape index (κ3) is 13.0. The summed E-state index contributed by atoms with van der Waals surface area (Å²) >= 11 is 0. The van der Waals surface area contributed by atoms with Gasteiger partial charge in [0.25, 0.3) is 0 Å². The first-order valence-electron chi connectivity index (χ1n) is 6.86. The quantitative estimate of drug-likeness (QED) is 0.379. The molecule has 19 heavy (non-hydrogen) atoms. The van der Waals surface area contributed by atoms with Crippen molar-refractivity contribution in [2.24, 2.45) is 0 Å². The number of esters is 2. The van der Waals surface area contributed by atoms with Crippen LogP contribution in [-0.2, 0) is 14.3 Å². The number of aliphatic hydroxyl groups excluding tert-OH is 2. The van der Waals surface area contributed by atoms with Crippen molar-refractivity contribution in [3.8, 4) is 0 Å². The Morgan fingerprint density at radius 2 is 1.00 bits per heavy atom. The first-order valence-corrected chi connectivity index (χ1v) is 6.86. The van der Waals surface area contributed by atoms with Gasteiger partial charge in [-0.1, -0.05) is 38.5 Å². The van der Waals surface area contributed by atoms with Crippen LogP contribution in [0.15, 0.2) is 12.2 Å². The molecule has 5 heteroatoms. The van der Waals surface area contributed by atoms with Gasteiger partial charge in [0.05, 0.1) is 0 Å². The average molecular weight is 272 g/mol. The van der Waals surface area contributed by atoms with E-state index in [0.29, 0.717) is 13.2 Å². The number of cyclic esters (lactones) is 2. The Balaban J connectivity index is 0.000000388. The van der Waals surface area contributed by atoms with Crippen LogP contribution in [0.1, 0.15) is 51.4 Å². The maximum absolute atomic E-state index is 9.92. The van der Waals surface area contributed by atoms with Crippen molar-refractivity contribution in [2.75, 3.05) is 13.2 Å². The van der Waals surface area contributed by atoms with Crippen LogP contribution in [0.25, 0.3) is 0 Å². The number of ether oxygens (including phenoxy) is 1. The molecule has 2 N–H and O–H groups in total. The topological polar surface area (TPSA) is 83.8 Å². The smallest absolute Gasteiger partial charge is 0.338 e. The molecule has 0 amide bonds. The Morgan fingerprint density at radius 3 is 1.21 bits per heavy atom. The Labute approximate surface area is 114 Å². The molecule has 110 valence electrons. The maximum atomic E-state index is 9.92. The van der Waals surface area contributed by atoms with Crippen molar-refractivity contribution in [1.82, 2.24) is 0 Å². The third-order valence-electron chi connectivity index (χ3n) is 2.62. The Kier molecular flexibility index (Phi) is 12.4. The van der Waals surface area contributed by atoms with Crippen LogP contribution in [0.3, 0.4) is 0 Å². The molecule has 0 radical (unpaired) electrons. The van der Waals surface area contributed by atoms with Crippen molar-refractivity contribution in [1.29, 1.82) is 0 Å². The fourth-order valence-corrected chi connectivity index (χ4v) is 1.59. The van der Waals surface area contributed by atoms with Crippen LogP contribution >= 0.6 is 0 Å². The molecular formula is C14H24O5. The van der Waals surface area contributed by atoms with Crippen molar-refractivity contribution >= 4 is 11.9 Å². The third-order valence-corrected chi connectivity index (χ3v) is 2.62. The van der Waals surface area contributed by atoms with Gasteiger partial charge < -0.3 is 14.9 Å². The first kappa shape index (κ1) is 17.8. The summed E-state index contributed by atoms with van der Waals surface area (Å²) < 4.78 is 3.97. The van der Waals surface area contributed by atoms with E-state index < -0.39 is 11.9 Å². The summed E-state index contributed by atoms with van der Waals surface area (Å²) in [6.45, 7) is 0.676. The summed E-state index contributed by atoms with van der Waals surface area (Å²) in [6.07, 6.45) is 11.5. The number of carbonyl (C=O) groups is 2. The van der Waals surface area contributed by atoms with E-state index in [-0.39, 0.29) is 0 Å². The zero-order chi connectivity index (χ0) is 14.3. The molecule has 1 aliphatic heterocycles. The second-order valence-corrected chi connectivity index (χ2v) is 4.35. The predicted octanol–water partition coefficient (Wildman–Crippen LogP) is 1.72. The Morgan fingerprint density at radius 1 is 0.684 bits per heavy atom. The van der Waals surface area contributed by atoms with Crippen molar-refractivity contribution in [2.45, 2.75) is 51.4 Å². The van der Waals surface area contributed by atoms with Gasteiger partial charge in [0.15, 0.2) is 0 Å². The maximum Gasteiger partial charge on any atom is 0.338 e. The lowest BCUT2D eigenvalue weighted by atomic mass is 10.1. The minimum absolute atomic E-state index is 0.338. The van der Waals surface area contributed by atoms with Crippen LogP contribution < -0.4 is 0 Å². The predicted molar refractivity (Wildman–Crippen MR) is 71.3 cm³/mol. The SMILES string of the molecule is O=C1C=CC(=O)O1.OCCCCCCCCCCO. The van der Waals surface area contributed by atoms with Gasteiger partial charge in [-0.3, -0.25) is 0 Å². The molecule has 0 aromatic carbocycles. The minimum Gasteiger partial charge on any atom is -0.396 e. The number of carbonyl (C=O) groups excluding carboxylic acids is 2. The molecule has 0 aromatic rings. The highest BCUT2D eigenvalue weighted by molar-refractivity contribution is 6.04. The summed E-state index contributed by atoms with van der Waals surface area (Å²) in [5, 5.41) is 17.0. The van der Waals surface area contributed by atoms with E-state index >= 15 is 0 Å². The second kappa shape index (κ2) is 13.2. The van der Waals surface area contributed by atoms with E-state index in [1.54, 1.807) is 0 Å². The van der Waals surface area contributed by atoms with E-state index in [1.165, 1.54) is 25.7 Å².